The van der Waals surface area contributed by atoms with Gasteiger partial charge in [-0.25, -0.2) is 22.0 Å². The molecule has 0 amide bonds. The highest BCUT2D eigenvalue weighted by Gasteiger charge is 2.25. The van der Waals surface area contributed by atoms with Crippen LogP contribution in [0.15, 0.2) is 24.4 Å². The first kappa shape index (κ1) is 13.9. The normalized spacial score (nSPS) is 11.4. The van der Waals surface area contributed by atoms with E-state index in [-0.39, 0.29) is 14.7 Å². The first-order valence-electron chi connectivity index (χ1n) is 5.17. The van der Waals surface area contributed by atoms with Gasteiger partial charge in [0.15, 0.2) is 23.3 Å². The lowest BCUT2D eigenvalue weighted by molar-refractivity contribution is 0.372. The highest BCUT2D eigenvalue weighted by molar-refractivity contribution is 7.46. The maximum absolute atomic E-state index is 13.4. The Kier molecular flexibility index (Phi) is 4.10. The van der Waals surface area contributed by atoms with Gasteiger partial charge in [0.05, 0.1) is 5.44 Å². The Balaban J connectivity index is 2.31. The van der Waals surface area contributed by atoms with E-state index in [9.17, 15) is 22.0 Å². The lowest BCUT2D eigenvalue weighted by Gasteiger charge is -2.07. The van der Waals surface area contributed by atoms with Crippen LogP contribution in [-0.4, -0.2) is 4.98 Å². The van der Waals surface area contributed by atoms with Gasteiger partial charge in [0.25, 0.3) is 0 Å². The Labute approximate surface area is 107 Å². The number of hydrogen-bond acceptors (Lipinski definition) is 1. The van der Waals surface area contributed by atoms with Gasteiger partial charge in [0.2, 0.25) is 5.82 Å². The Hall–Kier alpha value is -1.55. The third-order valence-electron chi connectivity index (χ3n) is 2.41. The topological polar surface area (TPSA) is 12.9 Å². The molecular weight excluding hydrogens is 284 g/mol. The minimum absolute atomic E-state index is 0.183. The van der Waals surface area contributed by atoms with Gasteiger partial charge in [-0.15, -0.1) is 0 Å². The van der Waals surface area contributed by atoms with Gasteiger partial charge in [0, 0.05) is 17.9 Å². The first-order chi connectivity index (χ1) is 9.02. The first-order valence-corrected chi connectivity index (χ1v) is 6.38. The molecule has 1 nitrogen and oxygen atoms in total. The number of aromatic nitrogens is 1. The lowest BCUT2D eigenvalue weighted by atomic mass is 10.2. The average Bonchev–Trinajstić information content (AvgIpc) is 2.44. The second kappa shape index (κ2) is 5.61. The molecule has 1 heterocycles. The molecule has 2 aromatic rings. The third kappa shape index (κ3) is 2.73. The Morgan fingerprint density at radius 3 is 1.95 bits per heavy atom. The molecule has 19 heavy (non-hydrogen) atoms. The molecule has 2 rings (SSSR count). The van der Waals surface area contributed by atoms with E-state index in [2.05, 4.69) is 4.98 Å². The molecule has 0 saturated heterocycles. The summed E-state index contributed by atoms with van der Waals surface area (Å²) in [6.07, 6.45) is 1.20. The van der Waals surface area contributed by atoms with Crippen LogP contribution in [0.2, 0.25) is 0 Å². The molecule has 0 saturated carbocycles. The van der Waals surface area contributed by atoms with Crippen molar-refractivity contribution in [3.63, 3.8) is 0 Å². The van der Waals surface area contributed by atoms with E-state index in [0.29, 0.717) is 5.44 Å². The molecule has 0 N–H and O–H groups in total. The molecule has 0 bridgehead atoms. The van der Waals surface area contributed by atoms with Gasteiger partial charge in [-0.3, -0.25) is 4.98 Å². The van der Waals surface area contributed by atoms with Crippen LogP contribution in [0.5, 0.6) is 0 Å². The largest absolute Gasteiger partial charge is 0.257 e. The van der Waals surface area contributed by atoms with Crippen LogP contribution in [0.25, 0.3) is 0 Å². The van der Waals surface area contributed by atoms with Crippen LogP contribution < -0.4 is 5.44 Å². The zero-order valence-corrected chi connectivity index (χ0v) is 10.4. The maximum Gasteiger partial charge on any atom is 0.200 e. The molecule has 1 atom stereocenters. The monoisotopic (exact) mass is 291 g/mol. The number of rotatable bonds is 3. The molecular formula is C12H7F5NP. The molecule has 0 fully saturated rings. The summed E-state index contributed by atoms with van der Waals surface area (Å²) in [6, 6.07) is 4.95. The molecule has 0 aliphatic rings. The molecule has 0 radical (unpaired) electrons. The quantitative estimate of drug-likeness (QED) is 0.366. The third-order valence-corrected chi connectivity index (χ3v) is 3.60. The predicted octanol–water partition coefficient (Wildman–Crippen LogP) is 3.28. The fourth-order valence-corrected chi connectivity index (χ4v) is 2.50. The molecule has 0 aliphatic heterocycles. The van der Waals surface area contributed by atoms with Crippen LogP contribution in [0, 0.1) is 29.1 Å². The zero-order chi connectivity index (χ0) is 14.0. The SMILES string of the molecule is Fc1c(F)c(F)c(CPc2ccccn2)c(F)c1F. The number of nitrogens with zero attached hydrogens (tertiary/aromatic N) is 1. The van der Waals surface area contributed by atoms with Crippen LogP contribution in [0.3, 0.4) is 0 Å². The molecule has 1 aromatic carbocycles. The number of hydrogen-bond donors (Lipinski definition) is 0. The van der Waals surface area contributed by atoms with E-state index in [0.717, 1.165) is 0 Å². The van der Waals surface area contributed by atoms with Crippen LogP contribution >= 0.6 is 8.58 Å². The standard InChI is InChI=1S/C12H7F5NP/c13-8-6(5-19-7-3-1-2-4-18-7)9(14)11(16)12(17)10(8)15/h1-4,19H,5H2. The van der Waals surface area contributed by atoms with Gasteiger partial charge < -0.3 is 0 Å². The van der Waals surface area contributed by atoms with E-state index in [4.69, 9.17) is 0 Å². The van der Waals surface area contributed by atoms with Crippen molar-refractivity contribution in [2.45, 2.75) is 6.16 Å². The van der Waals surface area contributed by atoms with Crippen LogP contribution in [0.1, 0.15) is 5.56 Å². The van der Waals surface area contributed by atoms with E-state index in [1.165, 1.54) is 6.20 Å². The van der Waals surface area contributed by atoms with Gasteiger partial charge in [0.1, 0.15) is 0 Å². The fourth-order valence-electron chi connectivity index (χ4n) is 1.45. The van der Waals surface area contributed by atoms with Crippen molar-refractivity contribution in [1.29, 1.82) is 0 Å². The fraction of sp³-hybridized carbons (Fsp3) is 0.0833. The van der Waals surface area contributed by atoms with Crippen molar-refractivity contribution in [2.24, 2.45) is 0 Å². The Morgan fingerprint density at radius 1 is 0.842 bits per heavy atom. The number of pyridine rings is 1. The summed E-state index contributed by atoms with van der Waals surface area (Å²) >= 11 is 0. The van der Waals surface area contributed by atoms with Gasteiger partial charge in [-0.1, -0.05) is 14.6 Å². The Morgan fingerprint density at radius 2 is 1.42 bits per heavy atom. The smallest absolute Gasteiger partial charge is 0.200 e. The van der Waals surface area contributed by atoms with Crippen LogP contribution in [-0.2, 0) is 6.16 Å². The van der Waals surface area contributed by atoms with E-state index >= 15 is 0 Å². The van der Waals surface area contributed by atoms with Gasteiger partial charge in [-0.2, -0.15) is 0 Å². The highest BCUT2D eigenvalue weighted by atomic mass is 31.1. The molecule has 7 heteroatoms. The minimum Gasteiger partial charge on any atom is -0.257 e. The van der Waals surface area contributed by atoms with Crippen molar-refractivity contribution in [3.8, 4) is 0 Å². The van der Waals surface area contributed by atoms with Crippen LogP contribution in [0.4, 0.5) is 22.0 Å². The van der Waals surface area contributed by atoms with E-state index < -0.39 is 34.6 Å². The molecule has 1 unspecified atom stereocenters. The van der Waals surface area contributed by atoms with Gasteiger partial charge in [-0.05, 0) is 12.1 Å². The van der Waals surface area contributed by atoms with Crippen molar-refractivity contribution in [3.05, 3.63) is 59.0 Å². The second-order valence-electron chi connectivity index (χ2n) is 3.62. The summed E-state index contributed by atoms with van der Waals surface area (Å²) in [5.74, 6) is -9.53. The Bertz CT molecular complexity index is 574. The number of benzene rings is 1. The van der Waals surface area contributed by atoms with Crippen molar-refractivity contribution in [2.75, 3.05) is 0 Å². The summed E-state index contributed by atoms with van der Waals surface area (Å²) in [4.78, 5) is 3.92. The maximum atomic E-state index is 13.4. The van der Waals surface area contributed by atoms with E-state index in [1.54, 1.807) is 18.2 Å². The highest BCUT2D eigenvalue weighted by Crippen LogP contribution is 2.27. The van der Waals surface area contributed by atoms with Crippen molar-refractivity contribution >= 4 is 14.0 Å². The average molecular weight is 291 g/mol. The molecule has 100 valence electrons. The molecule has 0 spiro atoms. The summed E-state index contributed by atoms with van der Waals surface area (Å²) in [6.45, 7) is 0. The van der Waals surface area contributed by atoms with Crippen molar-refractivity contribution < 1.29 is 22.0 Å². The molecule has 1 aromatic heterocycles. The van der Waals surface area contributed by atoms with Crippen molar-refractivity contribution in [1.82, 2.24) is 4.98 Å². The summed E-state index contributed by atoms with van der Waals surface area (Å²) in [5, 5.41) is 0. The van der Waals surface area contributed by atoms with Gasteiger partial charge >= 0.3 is 0 Å². The second-order valence-corrected chi connectivity index (χ2v) is 4.84. The minimum atomic E-state index is -2.14. The molecule has 0 aliphatic carbocycles. The number of halogens is 5. The summed E-state index contributed by atoms with van der Waals surface area (Å²) in [5.41, 5.74) is -0.271. The lowest BCUT2D eigenvalue weighted by Crippen LogP contribution is -2.07. The predicted molar refractivity (Wildman–Crippen MR) is 62.1 cm³/mol. The van der Waals surface area contributed by atoms with E-state index in [1.807, 2.05) is 0 Å². The summed E-state index contributed by atoms with van der Waals surface area (Å²) < 4.78 is 65.5. The summed E-state index contributed by atoms with van der Waals surface area (Å²) in [7, 11) is -0.183. The zero-order valence-electron chi connectivity index (χ0n) is 9.35.